The van der Waals surface area contributed by atoms with Gasteiger partial charge in [0.25, 0.3) is 5.56 Å². The normalized spacial score (nSPS) is 27.5. The number of hydrogen-bond donors (Lipinski definition) is 1. The van der Waals surface area contributed by atoms with Gasteiger partial charge in [-0.3, -0.25) is 4.79 Å². The summed E-state index contributed by atoms with van der Waals surface area (Å²) in [6.07, 6.45) is 12.4. The summed E-state index contributed by atoms with van der Waals surface area (Å²) in [6, 6.07) is 0. The van der Waals surface area contributed by atoms with Gasteiger partial charge in [-0.05, 0) is 52.9 Å². The number of anilines is 1. The van der Waals surface area contributed by atoms with Crippen LogP contribution >= 0.6 is 15.9 Å². The SMILES string of the molecule is C#CCn1ncc(NCC2CC3CCC2C3)c(Br)c1=O. The zero-order valence-corrected chi connectivity index (χ0v) is 12.9. The van der Waals surface area contributed by atoms with Crippen LogP contribution in [0.4, 0.5) is 5.69 Å². The van der Waals surface area contributed by atoms with Gasteiger partial charge in [0, 0.05) is 6.54 Å². The van der Waals surface area contributed by atoms with Crippen molar-refractivity contribution in [3.05, 3.63) is 21.0 Å². The van der Waals surface area contributed by atoms with Crippen LogP contribution in [-0.2, 0) is 6.54 Å². The van der Waals surface area contributed by atoms with Crippen LogP contribution in [-0.4, -0.2) is 16.3 Å². The summed E-state index contributed by atoms with van der Waals surface area (Å²) in [5.74, 6) is 4.99. The monoisotopic (exact) mass is 335 g/mol. The summed E-state index contributed by atoms with van der Waals surface area (Å²) in [7, 11) is 0. The molecule has 3 unspecified atom stereocenters. The second-order valence-electron chi connectivity index (χ2n) is 5.85. The van der Waals surface area contributed by atoms with Gasteiger partial charge in [0.15, 0.2) is 0 Å². The molecule has 2 bridgehead atoms. The van der Waals surface area contributed by atoms with Crippen LogP contribution in [0.2, 0.25) is 0 Å². The van der Waals surface area contributed by atoms with E-state index in [0.29, 0.717) is 4.47 Å². The third kappa shape index (κ3) is 2.49. The van der Waals surface area contributed by atoms with Crippen LogP contribution in [0.3, 0.4) is 0 Å². The smallest absolute Gasteiger partial charge is 0.284 e. The van der Waals surface area contributed by atoms with Gasteiger partial charge in [0.05, 0.1) is 11.9 Å². The minimum Gasteiger partial charge on any atom is -0.382 e. The van der Waals surface area contributed by atoms with Crippen molar-refractivity contribution in [3.8, 4) is 12.3 Å². The van der Waals surface area contributed by atoms with Gasteiger partial charge in [0.2, 0.25) is 0 Å². The fourth-order valence-corrected chi connectivity index (χ4v) is 4.10. The van der Waals surface area contributed by atoms with E-state index in [1.165, 1.54) is 30.4 Å². The first-order chi connectivity index (χ1) is 9.69. The van der Waals surface area contributed by atoms with Crippen molar-refractivity contribution in [1.29, 1.82) is 0 Å². The summed E-state index contributed by atoms with van der Waals surface area (Å²) in [5.41, 5.74) is 0.590. The molecule has 2 aliphatic carbocycles. The molecule has 1 heterocycles. The molecule has 3 rings (SSSR count). The first kappa shape index (κ1) is 13.7. The number of terminal acetylenes is 1. The summed E-state index contributed by atoms with van der Waals surface area (Å²) in [4.78, 5) is 12.0. The third-order valence-corrected chi connectivity index (χ3v) is 5.43. The molecule has 0 aromatic carbocycles. The Balaban J connectivity index is 1.68. The first-order valence-corrected chi connectivity index (χ1v) is 7.91. The third-order valence-electron chi connectivity index (χ3n) is 4.67. The number of hydrogen-bond acceptors (Lipinski definition) is 3. The molecule has 0 saturated heterocycles. The Labute approximate surface area is 127 Å². The van der Waals surface area contributed by atoms with Crippen molar-refractivity contribution < 1.29 is 0 Å². The van der Waals surface area contributed by atoms with Crippen molar-refractivity contribution in [2.75, 3.05) is 11.9 Å². The van der Waals surface area contributed by atoms with Crippen molar-refractivity contribution >= 4 is 21.6 Å². The largest absolute Gasteiger partial charge is 0.382 e. The Bertz CT molecular complexity index is 604. The molecule has 0 radical (unpaired) electrons. The maximum absolute atomic E-state index is 12.0. The number of aromatic nitrogens is 2. The summed E-state index contributed by atoms with van der Waals surface area (Å²) in [6.45, 7) is 1.13. The highest BCUT2D eigenvalue weighted by molar-refractivity contribution is 9.10. The van der Waals surface area contributed by atoms with E-state index in [2.05, 4.69) is 32.3 Å². The fraction of sp³-hybridized carbons (Fsp3) is 0.600. The zero-order valence-electron chi connectivity index (χ0n) is 11.3. The molecular weight excluding hydrogens is 318 g/mol. The predicted molar refractivity (Wildman–Crippen MR) is 82.5 cm³/mol. The highest BCUT2D eigenvalue weighted by Gasteiger charge is 2.39. The minimum absolute atomic E-state index is 0.180. The molecule has 0 aliphatic heterocycles. The minimum atomic E-state index is -0.180. The molecule has 3 atom stereocenters. The fourth-order valence-electron chi connectivity index (χ4n) is 3.65. The quantitative estimate of drug-likeness (QED) is 0.860. The molecule has 4 nitrogen and oxygen atoms in total. The van der Waals surface area contributed by atoms with Crippen LogP contribution in [0.5, 0.6) is 0 Å². The summed E-state index contributed by atoms with van der Waals surface area (Å²) >= 11 is 3.35. The van der Waals surface area contributed by atoms with Crippen molar-refractivity contribution in [1.82, 2.24) is 9.78 Å². The molecule has 0 amide bonds. The Hall–Kier alpha value is -1.28. The van der Waals surface area contributed by atoms with Gasteiger partial charge >= 0.3 is 0 Å². The number of nitrogens with zero attached hydrogens (tertiary/aromatic N) is 2. The standard InChI is InChI=1S/C15H18BrN3O/c1-2-5-19-15(20)14(16)13(9-18-19)17-8-12-7-10-3-4-11(12)6-10/h1,9-12,17H,3-8H2. The average Bonchev–Trinajstić information content (AvgIpc) is 3.06. The lowest BCUT2D eigenvalue weighted by atomic mass is 9.89. The van der Waals surface area contributed by atoms with Gasteiger partial charge < -0.3 is 5.32 Å². The van der Waals surface area contributed by atoms with E-state index in [1.54, 1.807) is 6.20 Å². The maximum atomic E-state index is 12.0. The van der Waals surface area contributed by atoms with Crippen LogP contribution in [0.25, 0.3) is 0 Å². The van der Waals surface area contributed by atoms with E-state index >= 15 is 0 Å². The molecule has 5 heteroatoms. The van der Waals surface area contributed by atoms with E-state index in [-0.39, 0.29) is 12.1 Å². The molecule has 2 saturated carbocycles. The van der Waals surface area contributed by atoms with Crippen molar-refractivity contribution in [3.63, 3.8) is 0 Å². The Kier molecular flexibility index (Phi) is 3.84. The Morgan fingerprint density at radius 2 is 2.35 bits per heavy atom. The van der Waals surface area contributed by atoms with E-state index < -0.39 is 0 Å². The average molecular weight is 336 g/mol. The van der Waals surface area contributed by atoms with Crippen molar-refractivity contribution in [2.24, 2.45) is 17.8 Å². The second kappa shape index (κ2) is 5.61. The van der Waals surface area contributed by atoms with E-state index in [0.717, 1.165) is 30.0 Å². The molecule has 1 aromatic rings. The van der Waals surface area contributed by atoms with E-state index in [1.807, 2.05) is 0 Å². The molecule has 20 heavy (non-hydrogen) atoms. The van der Waals surface area contributed by atoms with Gasteiger partial charge in [-0.25, -0.2) is 4.68 Å². The van der Waals surface area contributed by atoms with E-state index in [9.17, 15) is 4.79 Å². The lowest BCUT2D eigenvalue weighted by Gasteiger charge is -2.22. The first-order valence-electron chi connectivity index (χ1n) is 7.12. The van der Waals surface area contributed by atoms with Crippen LogP contribution in [0.1, 0.15) is 25.7 Å². The predicted octanol–water partition coefficient (Wildman–Crippen LogP) is 2.49. The molecular formula is C15H18BrN3O. The molecule has 1 N–H and O–H groups in total. The lowest BCUT2D eigenvalue weighted by Crippen LogP contribution is -2.26. The second-order valence-corrected chi connectivity index (χ2v) is 6.65. The Morgan fingerprint density at radius 3 is 3.00 bits per heavy atom. The maximum Gasteiger partial charge on any atom is 0.284 e. The molecule has 2 fully saturated rings. The highest BCUT2D eigenvalue weighted by Crippen LogP contribution is 2.48. The number of rotatable bonds is 4. The summed E-state index contributed by atoms with van der Waals surface area (Å²) < 4.78 is 1.80. The topological polar surface area (TPSA) is 46.9 Å². The molecule has 1 aromatic heterocycles. The van der Waals surface area contributed by atoms with Gasteiger partial charge in [-0.1, -0.05) is 12.3 Å². The van der Waals surface area contributed by atoms with Crippen molar-refractivity contribution in [2.45, 2.75) is 32.2 Å². The number of halogens is 1. The van der Waals surface area contributed by atoms with Crippen LogP contribution in [0, 0.1) is 30.1 Å². The zero-order chi connectivity index (χ0) is 14.1. The molecule has 106 valence electrons. The lowest BCUT2D eigenvalue weighted by molar-refractivity contribution is 0.348. The number of fused-ring (bicyclic) bond motifs is 2. The molecule has 2 aliphatic rings. The highest BCUT2D eigenvalue weighted by atomic mass is 79.9. The molecule has 0 spiro atoms. The summed E-state index contributed by atoms with van der Waals surface area (Å²) in [5, 5.41) is 7.47. The van der Waals surface area contributed by atoms with Gasteiger partial charge in [0.1, 0.15) is 11.0 Å². The van der Waals surface area contributed by atoms with Gasteiger partial charge in [-0.15, -0.1) is 6.42 Å². The number of nitrogens with one attached hydrogen (secondary N) is 1. The van der Waals surface area contributed by atoms with Crippen LogP contribution < -0.4 is 10.9 Å². The van der Waals surface area contributed by atoms with E-state index in [4.69, 9.17) is 6.42 Å². The Morgan fingerprint density at radius 1 is 1.50 bits per heavy atom. The van der Waals surface area contributed by atoms with Crippen LogP contribution in [0.15, 0.2) is 15.5 Å². The van der Waals surface area contributed by atoms with Gasteiger partial charge in [-0.2, -0.15) is 5.10 Å².